The first-order chi connectivity index (χ1) is 13.2. The van der Waals surface area contributed by atoms with Gasteiger partial charge in [-0.25, -0.2) is 4.98 Å². The molecule has 6 nitrogen and oxygen atoms in total. The lowest BCUT2D eigenvalue weighted by molar-refractivity contribution is -0.113. The molecule has 2 heterocycles. The fraction of sp³-hybridized carbons (Fsp3) is 0.300. The van der Waals surface area contributed by atoms with Crippen molar-refractivity contribution in [3.05, 3.63) is 65.6 Å². The molecule has 7 heteroatoms. The Morgan fingerprint density at radius 2 is 2.00 bits per heavy atom. The predicted molar refractivity (Wildman–Crippen MR) is 106 cm³/mol. The van der Waals surface area contributed by atoms with E-state index in [9.17, 15) is 4.79 Å². The maximum absolute atomic E-state index is 12.3. The summed E-state index contributed by atoms with van der Waals surface area (Å²) in [6.45, 7) is 2.65. The second-order valence-electron chi connectivity index (χ2n) is 6.69. The van der Waals surface area contributed by atoms with Crippen LogP contribution < -0.4 is 5.32 Å². The van der Waals surface area contributed by atoms with E-state index in [0.717, 1.165) is 35.9 Å². The van der Waals surface area contributed by atoms with E-state index < -0.39 is 0 Å². The van der Waals surface area contributed by atoms with Gasteiger partial charge in [-0.15, -0.1) is 10.2 Å². The summed E-state index contributed by atoms with van der Waals surface area (Å²) >= 11 is 1.42. The molecule has 0 unspecified atom stereocenters. The van der Waals surface area contributed by atoms with Gasteiger partial charge in [0.25, 0.3) is 0 Å². The van der Waals surface area contributed by atoms with Gasteiger partial charge in [0.15, 0.2) is 5.16 Å². The molecule has 0 bridgehead atoms. The largest absolute Gasteiger partial charge is 0.310 e. The zero-order valence-corrected chi connectivity index (χ0v) is 15.9. The number of anilines is 1. The number of nitrogens with one attached hydrogen (secondary N) is 1. The van der Waals surface area contributed by atoms with Gasteiger partial charge in [-0.05, 0) is 37.0 Å². The zero-order chi connectivity index (χ0) is 18.6. The summed E-state index contributed by atoms with van der Waals surface area (Å²) in [5, 5.41) is 12.4. The van der Waals surface area contributed by atoms with E-state index in [-0.39, 0.29) is 11.7 Å². The monoisotopic (exact) mass is 379 g/mol. The lowest BCUT2D eigenvalue weighted by Crippen LogP contribution is -2.16. The molecule has 3 aromatic rings. The molecule has 0 saturated heterocycles. The maximum atomic E-state index is 12.3. The first-order valence-corrected chi connectivity index (χ1v) is 10.0. The lowest BCUT2D eigenvalue weighted by atomic mass is 10.2. The summed E-state index contributed by atoms with van der Waals surface area (Å²) in [6, 6.07) is 14.1. The third-order valence-corrected chi connectivity index (χ3v) is 5.44. The van der Waals surface area contributed by atoms with E-state index in [1.807, 2.05) is 37.3 Å². The highest BCUT2D eigenvalue weighted by atomic mass is 32.2. The van der Waals surface area contributed by atoms with Crippen LogP contribution in [0.5, 0.6) is 0 Å². The van der Waals surface area contributed by atoms with Crippen LogP contribution in [0.4, 0.5) is 5.82 Å². The summed E-state index contributed by atoms with van der Waals surface area (Å²) < 4.78 is 2.15. The smallest absolute Gasteiger partial charge is 0.236 e. The Morgan fingerprint density at radius 3 is 2.74 bits per heavy atom. The van der Waals surface area contributed by atoms with Crippen molar-refractivity contribution in [2.75, 3.05) is 11.1 Å². The molecule has 0 radical (unpaired) electrons. The zero-order valence-electron chi connectivity index (χ0n) is 15.1. The number of hydrogen-bond donors (Lipinski definition) is 1. The van der Waals surface area contributed by atoms with Crippen LogP contribution in [0, 0.1) is 6.92 Å². The van der Waals surface area contributed by atoms with Crippen LogP contribution in [0.3, 0.4) is 0 Å². The highest BCUT2D eigenvalue weighted by Crippen LogP contribution is 2.40. The number of hydrogen-bond acceptors (Lipinski definition) is 5. The number of carbonyl (C=O) groups excluding carboxylic acids is 1. The molecule has 1 aliphatic carbocycles. The topological polar surface area (TPSA) is 72.7 Å². The highest BCUT2D eigenvalue weighted by Gasteiger charge is 2.30. The number of benzene rings is 1. The lowest BCUT2D eigenvalue weighted by Gasteiger charge is -2.10. The molecule has 0 spiro atoms. The Balaban J connectivity index is 1.45. The van der Waals surface area contributed by atoms with Crippen molar-refractivity contribution in [2.45, 2.75) is 37.4 Å². The average Bonchev–Trinajstić information content (AvgIpc) is 3.45. The number of rotatable bonds is 7. The SMILES string of the molecule is Cc1cccnc1NC(=O)CSc1nnc(C2CC2)n1Cc1ccccc1. The van der Waals surface area contributed by atoms with Gasteiger partial charge in [0.05, 0.1) is 12.3 Å². The van der Waals surface area contributed by atoms with Crippen LogP contribution in [0.2, 0.25) is 0 Å². The quantitative estimate of drug-likeness (QED) is 0.635. The Hall–Kier alpha value is -2.67. The molecule has 1 aliphatic rings. The summed E-state index contributed by atoms with van der Waals surface area (Å²) in [4.78, 5) is 16.5. The highest BCUT2D eigenvalue weighted by molar-refractivity contribution is 7.99. The van der Waals surface area contributed by atoms with Gasteiger partial charge in [0.2, 0.25) is 5.91 Å². The van der Waals surface area contributed by atoms with Gasteiger partial charge in [0.1, 0.15) is 11.6 Å². The second-order valence-corrected chi connectivity index (χ2v) is 7.64. The molecule has 138 valence electrons. The molecule has 4 rings (SSSR count). The van der Waals surface area contributed by atoms with Crippen molar-refractivity contribution in [3.63, 3.8) is 0 Å². The first kappa shape index (κ1) is 17.7. The van der Waals surface area contributed by atoms with E-state index in [1.54, 1.807) is 6.20 Å². The molecule has 0 aliphatic heterocycles. The molecule has 2 aromatic heterocycles. The van der Waals surface area contributed by atoms with E-state index in [4.69, 9.17) is 0 Å². The van der Waals surface area contributed by atoms with E-state index in [1.165, 1.54) is 17.3 Å². The minimum absolute atomic E-state index is 0.0935. The van der Waals surface area contributed by atoms with Crippen molar-refractivity contribution < 1.29 is 4.79 Å². The van der Waals surface area contributed by atoms with Crippen LogP contribution >= 0.6 is 11.8 Å². The third-order valence-electron chi connectivity index (χ3n) is 4.47. The molecular weight excluding hydrogens is 358 g/mol. The molecule has 1 saturated carbocycles. The van der Waals surface area contributed by atoms with Crippen molar-refractivity contribution in [1.82, 2.24) is 19.7 Å². The van der Waals surface area contributed by atoms with Crippen LogP contribution in [0.25, 0.3) is 0 Å². The molecular formula is C20H21N5OS. The van der Waals surface area contributed by atoms with Crippen LogP contribution in [-0.4, -0.2) is 31.4 Å². The van der Waals surface area contributed by atoms with Crippen molar-refractivity contribution in [1.29, 1.82) is 0 Å². The molecule has 1 aromatic carbocycles. The molecule has 27 heavy (non-hydrogen) atoms. The molecule has 0 atom stereocenters. The second kappa shape index (κ2) is 7.92. The molecule has 1 N–H and O–H groups in total. The Bertz CT molecular complexity index is 937. The summed E-state index contributed by atoms with van der Waals surface area (Å²) in [5.74, 6) is 2.31. The van der Waals surface area contributed by atoms with E-state index >= 15 is 0 Å². The van der Waals surface area contributed by atoms with Gasteiger partial charge >= 0.3 is 0 Å². The normalized spacial score (nSPS) is 13.5. The fourth-order valence-electron chi connectivity index (χ4n) is 2.88. The van der Waals surface area contributed by atoms with Gasteiger partial charge in [-0.1, -0.05) is 48.2 Å². The summed E-state index contributed by atoms with van der Waals surface area (Å²) in [7, 11) is 0. The minimum Gasteiger partial charge on any atom is -0.310 e. The predicted octanol–water partition coefficient (Wildman–Crippen LogP) is 3.64. The van der Waals surface area contributed by atoms with Crippen molar-refractivity contribution in [3.8, 4) is 0 Å². The number of aryl methyl sites for hydroxylation is 1. The number of aromatic nitrogens is 4. The fourth-order valence-corrected chi connectivity index (χ4v) is 3.62. The van der Waals surface area contributed by atoms with E-state index in [0.29, 0.717) is 11.7 Å². The number of amides is 1. The Morgan fingerprint density at radius 1 is 1.19 bits per heavy atom. The average molecular weight is 379 g/mol. The van der Waals surface area contributed by atoms with Gasteiger partial charge in [0, 0.05) is 12.1 Å². The van der Waals surface area contributed by atoms with Gasteiger partial charge in [-0.2, -0.15) is 0 Å². The Kier molecular flexibility index (Phi) is 5.20. The first-order valence-electron chi connectivity index (χ1n) is 9.02. The minimum atomic E-state index is -0.0935. The maximum Gasteiger partial charge on any atom is 0.236 e. The number of thioether (sulfide) groups is 1. The van der Waals surface area contributed by atoms with Crippen LogP contribution in [-0.2, 0) is 11.3 Å². The number of nitrogens with zero attached hydrogens (tertiary/aromatic N) is 4. The molecule has 1 amide bonds. The number of carbonyl (C=O) groups is 1. The van der Waals surface area contributed by atoms with Gasteiger partial charge < -0.3 is 9.88 Å². The molecule has 1 fully saturated rings. The van der Waals surface area contributed by atoms with Crippen molar-refractivity contribution >= 4 is 23.5 Å². The summed E-state index contributed by atoms with van der Waals surface area (Å²) in [5.41, 5.74) is 2.15. The summed E-state index contributed by atoms with van der Waals surface area (Å²) in [6.07, 6.45) is 4.00. The van der Waals surface area contributed by atoms with Crippen molar-refractivity contribution in [2.24, 2.45) is 0 Å². The Labute approximate surface area is 162 Å². The third kappa shape index (κ3) is 4.36. The standard InChI is InChI=1S/C20H21N5OS/c1-14-6-5-11-21-18(14)22-17(26)13-27-20-24-23-19(16-9-10-16)25(20)12-15-7-3-2-4-8-15/h2-8,11,16H,9-10,12-13H2,1H3,(H,21,22,26). The van der Waals surface area contributed by atoms with Gasteiger partial charge in [-0.3, -0.25) is 4.79 Å². The van der Waals surface area contributed by atoms with Crippen LogP contribution in [0.15, 0.2) is 53.8 Å². The van der Waals surface area contributed by atoms with Crippen LogP contribution in [0.1, 0.15) is 35.7 Å². The number of pyridine rings is 1. The van der Waals surface area contributed by atoms with E-state index in [2.05, 4.69) is 37.2 Å².